The summed E-state index contributed by atoms with van der Waals surface area (Å²) in [5.74, 6) is 0.591. The Balaban J connectivity index is 3.98. The Hall–Kier alpha value is -2.03. The molecule has 0 radical (unpaired) electrons. The van der Waals surface area contributed by atoms with Crippen molar-refractivity contribution in [1.29, 1.82) is 0 Å². The van der Waals surface area contributed by atoms with E-state index >= 15 is 0 Å². The minimum absolute atomic E-state index is 0.0107. The van der Waals surface area contributed by atoms with Crippen LogP contribution in [-0.4, -0.2) is 29.1 Å². The summed E-state index contributed by atoms with van der Waals surface area (Å²) >= 11 is 0. The second-order valence-electron chi connectivity index (χ2n) is 4.24. The molecule has 0 fully saturated rings. The molecule has 0 bridgehead atoms. The number of aliphatic carboxylic acids is 1. The van der Waals surface area contributed by atoms with Gasteiger partial charge in [0, 0.05) is 25.3 Å². The van der Waals surface area contributed by atoms with Crippen LogP contribution in [0.1, 0.15) is 33.1 Å². The van der Waals surface area contributed by atoms with Crippen molar-refractivity contribution >= 4 is 17.9 Å². The van der Waals surface area contributed by atoms with Crippen molar-refractivity contribution in [2.75, 3.05) is 0 Å². The topological polar surface area (TPSA) is 95.5 Å². The van der Waals surface area contributed by atoms with E-state index < -0.39 is 17.9 Å². The van der Waals surface area contributed by atoms with E-state index in [-0.39, 0.29) is 24.8 Å². The van der Waals surface area contributed by atoms with Crippen LogP contribution in [0.4, 0.5) is 4.79 Å². The number of hydrogen-bond acceptors (Lipinski definition) is 3. The van der Waals surface area contributed by atoms with Crippen LogP contribution in [0.25, 0.3) is 0 Å². The van der Waals surface area contributed by atoms with Gasteiger partial charge in [0.2, 0.25) is 5.91 Å². The molecule has 0 saturated carbocycles. The number of urea groups is 1. The highest BCUT2D eigenvalue weighted by Crippen LogP contribution is 2.06. The molecule has 0 aromatic carbocycles. The summed E-state index contributed by atoms with van der Waals surface area (Å²) in [6.07, 6.45) is 5.33. The van der Waals surface area contributed by atoms with E-state index in [0.29, 0.717) is 6.42 Å². The van der Waals surface area contributed by atoms with Crippen LogP contribution in [0, 0.1) is 18.3 Å². The first kappa shape index (κ1) is 16.0. The summed E-state index contributed by atoms with van der Waals surface area (Å²) in [7, 11) is 0. The van der Waals surface area contributed by atoms with Gasteiger partial charge in [0.15, 0.2) is 0 Å². The van der Waals surface area contributed by atoms with E-state index in [1.807, 2.05) is 0 Å². The molecule has 3 amide bonds. The molecule has 0 aliphatic carbocycles. The predicted molar refractivity (Wildman–Crippen MR) is 65.6 cm³/mol. The SMILES string of the molecule is C#CCC(C)NC(=O)NC(=O)CC(C)CC(=O)O. The minimum atomic E-state index is -0.970. The third-order valence-electron chi connectivity index (χ3n) is 2.11. The van der Waals surface area contributed by atoms with Crippen molar-refractivity contribution in [3.63, 3.8) is 0 Å². The molecular weight excluding hydrogens is 236 g/mol. The molecule has 18 heavy (non-hydrogen) atoms. The quantitative estimate of drug-likeness (QED) is 0.609. The van der Waals surface area contributed by atoms with Gasteiger partial charge in [0.1, 0.15) is 0 Å². The Kier molecular flexibility index (Phi) is 7.20. The van der Waals surface area contributed by atoms with Gasteiger partial charge in [-0.2, -0.15) is 0 Å². The van der Waals surface area contributed by atoms with E-state index in [2.05, 4.69) is 16.6 Å². The first-order chi connectivity index (χ1) is 8.35. The van der Waals surface area contributed by atoms with Crippen molar-refractivity contribution in [1.82, 2.24) is 10.6 Å². The number of carboxylic acid groups (broad SMARTS) is 1. The molecule has 2 unspecified atom stereocenters. The van der Waals surface area contributed by atoms with E-state index in [1.165, 1.54) is 0 Å². The molecule has 0 aliphatic rings. The maximum atomic E-state index is 11.4. The molecule has 0 heterocycles. The Labute approximate surface area is 106 Å². The van der Waals surface area contributed by atoms with Crippen LogP contribution >= 0.6 is 0 Å². The summed E-state index contributed by atoms with van der Waals surface area (Å²) in [6, 6.07) is -0.843. The average molecular weight is 254 g/mol. The van der Waals surface area contributed by atoms with Crippen LogP contribution in [0.5, 0.6) is 0 Å². The van der Waals surface area contributed by atoms with Gasteiger partial charge in [0.25, 0.3) is 0 Å². The Morgan fingerprint density at radius 3 is 2.39 bits per heavy atom. The number of carbonyl (C=O) groups excluding carboxylic acids is 2. The molecule has 0 aliphatic heterocycles. The zero-order valence-electron chi connectivity index (χ0n) is 10.5. The second-order valence-corrected chi connectivity index (χ2v) is 4.24. The van der Waals surface area contributed by atoms with Gasteiger partial charge in [0.05, 0.1) is 0 Å². The van der Waals surface area contributed by atoms with Gasteiger partial charge < -0.3 is 10.4 Å². The highest BCUT2D eigenvalue weighted by molar-refractivity contribution is 5.94. The molecule has 0 rings (SSSR count). The smallest absolute Gasteiger partial charge is 0.321 e. The fourth-order valence-corrected chi connectivity index (χ4v) is 1.35. The summed E-state index contributed by atoms with van der Waals surface area (Å²) in [4.78, 5) is 33.1. The number of nitrogens with one attached hydrogen (secondary N) is 2. The van der Waals surface area contributed by atoms with E-state index in [9.17, 15) is 14.4 Å². The van der Waals surface area contributed by atoms with Gasteiger partial charge in [-0.3, -0.25) is 14.9 Å². The third-order valence-corrected chi connectivity index (χ3v) is 2.11. The molecule has 0 spiro atoms. The molecular formula is C12H18N2O4. The number of terminal acetylenes is 1. The summed E-state index contributed by atoms with van der Waals surface area (Å²) in [5, 5.41) is 13.1. The van der Waals surface area contributed by atoms with Crippen LogP contribution in [0.3, 0.4) is 0 Å². The standard InChI is InChI=1S/C12H18N2O4/c1-4-5-9(3)13-12(18)14-10(15)6-8(2)7-11(16)17/h1,8-9H,5-7H2,2-3H3,(H,16,17)(H2,13,14,15,18). The first-order valence-corrected chi connectivity index (χ1v) is 5.60. The molecule has 100 valence electrons. The molecule has 0 saturated heterocycles. The van der Waals surface area contributed by atoms with Gasteiger partial charge >= 0.3 is 12.0 Å². The fraction of sp³-hybridized carbons (Fsp3) is 0.583. The maximum Gasteiger partial charge on any atom is 0.321 e. The number of imide groups is 1. The van der Waals surface area contributed by atoms with Crippen molar-refractivity contribution in [2.24, 2.45) is 5.92 Å². The number of rotatable bonds is 6. The van der Waals surface area contributed by atoms with Crippen LogP contribution in [0.2, 0.25) is 0 Å². The highest BCUT2D eigenvalue weighted by atomic mass is 16.4. The summed E-state index contributed by atoms with van der Waals surface area (Å²) in [5.41, 5.74) is 0. The van der Waals surface area contributed by atoms with Crippen molar-refractivity contribution < 1.29 is 19.5 Å². The normalized spacial score (nSPS) is 12.9. The van der Waals surface area contributed by atoms with Gasteiger partial charge in [-0.15, -0.1) is 12.3 Å². The molecule has 0 aromatic rings. The average Bonchev–Trinajstić information content (AvgIpc) is 2.14. The Bertz CT molecular complexity index is 360. The third kappa shape index (κ3) is 8.16. The number of hydrogen-bond donors (Lipinski definition) is 3. The Morgan fingerprint density at radius 1 is 1.28 bits per heavy atom. The van der Waals surface area contributed by atoms with Crippen LogP contribution in [-0.2, 0) is 9.59 Å². The predicted octanol–water partition coefficient (Wildman–Crippen LogP) is 0.725. The van der Waals surface area contributed by atoms with Crippen molar-refractivity contribution in [2.45, 2.75) is 39.2 Å². The lowest BCUT2D eigenvalue weighted by Gasteiger charge is -2.12. The first-order valence-electron chi connectivity index (χ1n) is 5.60. The van der Waals surface area contributed by atoms with Gasteiger partial charge in [-0.25, -0.2) is 4.79 Å². The lowest BCUT2D eigenvalue weighted by atomic mass is 10.0. The number of amides is 3. The maximum absolute atomic E-state index is 11.4. The minimum Gasteiger partial charge on any atom is -0.481 e. The molecule has 0 aromatic heterocycles. The zero-order valence-corrected chi connectivity index (χ0v) is 10.5. The van der Waals surface area contributed by atoms with Gasteiger partial charge in [-0.05, 0) is 12.8 Å². The van der Waals surface area contributed by atoms with E-state index in [1.54, 1.807) is 13.8 Å². The van der Waals surface area contributed by atoms with Crippen LogP contribution < -0.4 is 10.6 Å². The Morgan fingerprint density at radius 2 is 1.89 bits per heavy atom. The lowest BCUT2D eigenvalue weighted by molar-refractivity contribution is -0.138. The monoisotopic (exact) mass is 254 g/mol. The van der Waals surface area contributed by atoms with E-state index in [4.69, 9.17) is 11.5 Å². The number of carboxylic acids is 1. The zero-order chi connectivity index (χ0) is 14.1. The summed E-state index contributed by atoms with van der Waals surface area (Å²) in [6.45, 7) is 3.35. The fourth-order valence-electron chi connectivity index (χ4n) is 1.35. The molecule has 6 nitrogen and oxygen atoms in total. The highest BCUT2D eigenvalue weighted by Gasteiger charge is 2.15. The molecule has 2 atom stereocenters. The van der Waals surface area contributed by atoms with Crippen molar-refractivity contribution in [3.8, 4) is 12.3 Å². The van der Waals surface area contributed by atoms with E-state index in [0.717, 1.165) is 0 Å². The largest absolute Gasteiger partial charge is 0.481 e. The number of carbonyl (C=O) groups is 3. The second kappa shape index (κ2) is 8.12. The summed E-state index contributed by atoms with van der Waals surface area (Å²) < 4.78 is 0. The lowest BCUT2D eigenvalue weighted by Crippen LogP contribution is -2.43. The van der Waals surface area contributed by atoms with Crippen molar-refractivity contribution in [3.05, 3.63) is 0 Å². The van der Waals surface area contributed by atoms with Crippen LogP contribution in [0.15, 0.2) is 0 Å². The van der Waals surface area contributed by atoms with Gasteiger partial charge in [-0.1, -0.05) is 6.92 Å². The molecule has 6 heteroatoms. The molecule has 3 N–H and O–H groups in total.